The van der Waals surface area contributed by atoms with E-state index in [0.717, 1.165) is 37.2 Å². The molecule has 1 aliphatic heterocycles. The molecule has 1 N–H and O–H groups in total. The summed E-state index contributed by atoms with van der Waals surface area (Å²) in [7, 11) is 0. The van der Waals surface area contributed by atoms with Crippen LogP contribution in [0.1, 0.15) is 54.9 Å². The average molecular weight is 366 g/mol. The Kier molecular flexibility index (Phi) is 5.06. The van der Waals surface area contributed by atoms with E-state index in [2.05, 4.69) is 37.3 Å². The second-order valence-electron chi connectivity index (χ2n) is 7.70. The highest BCUT2D eigenvalue weighted by Gasteiger charge is 2.27. The highest BCUT2D eigenvalue weighted by atomic mass is 16.5. The lowest BCUT2D eigenvalue weighted by molar-refractivity contribution is -0.143. The molecule has 0 radical (unpaired) electrons. The summed E-state index contributed by atoms with van der Waals surface area (Å²) < 4.78 is 12.4. The van der Waals surface area contributed by atoms with Crippen molar-refractivity contribution < 1.29 is 19.4 Å². The van der Waals surface area contributed by atoms with Crippen molar-refractivity contribution in [3.63, 3.8) is 0 Å². The second kappa shape index (κ2) is 7.63. The van der Waals surface area contributed by atoms with Gasteiger partial charge in [-0.1, -0.05) is 24.3 Å². The van der Waals surface area contributed by atoms with E-state index in [9.17, 15) is 4.79 Å². The van der Waals surface area contributed by atoms with Gasteiger partial charge in [-0.2, -0.15) is 0 Å². The molecule has 2 aromatic carbocycles. The van der Waals surface area contributed by atoms with Crippen LogP contribution in [-0.4, -0.2) is 17.2 Å². The minimum absolute atomic E-state index is 0.108. The zero-order valence-corrected chi connectivity index (χ0v) is 15.7. The maximum atomic E-state index is 11.1. The molecule has 4 heteroatoms. The quantitative estimate of drug-likeness (QED) is 0.819. The Bertz CT molecular complexity index is 821. The predicted octanol–water partition coefficient (Wildman–Crippen LogP) is 5.08. The molecular formula is C23H26O4. The van der Waals surface area contributed by atoms with Crippen LogP contribution in [0, 0.1) is 12.8 Å². The van der Waals surface area contributed by atoms with Gasteiger partial charge in [0.15, 0.2) is 0 Å². The summed E-state index contributed by atoms with van der Waals surface area (Å²) >= 11 is 0. The Balaban J connectivity index is 1.41. The van der Waals surface area contributed by atoms with Gasteiger partial charge in [0.2, 0.25) is 0 Å². The van der Waals surface area contributed by atoms with Gasteiger partial charge in [0.05, 0.1) is 12.0 Å². The third-order valence-electron chi connectivity index (χ3n) is 5.84. The van der Waals surface area contributed by atoms with E-state index in [4.69, 9.17) is 14.6 Å². The van der Waals surface area contributed by atoms with Gasteiger partial charge in [-0.05, 0) is 80.3 Å². The molecular weight excluding hydrogens is 340 g/mol. The lowest BCUT2D eigenvalue weighted by Gasteiger charge is -2.29. The van der Waals surface area contributed by atoms with Crippen LogP contribution in [0.4, 0.5) is 0 Å². The highest BCUT2D eigenvalue weighted by Crippen LogP contribution is 2.38. The van der Waals surface area contributed by atoms with Crippen LogP contribution in [0.15, 0.2) is 42.5 Å². The first kappa shape index (κ1) is 17.9. The molecule has 0 spiro atoms. The van der Waals surface area contributed by atoms with Crippen LogP contribution < -0.4 is 9.47 Å². The van der Waals surface area contributed by atoms with Crippen molar-refractivity contribution in [1.29, 1.82) is 0 Å². The lowest BCUT2D eigenvalue weighted by atomic mass is 9.87. The van der Waals surface area contributed by atoms with Crippen LogP contribution >= 0.6 is 0 Å². The number of aliphatic carboxylic acids is 1. The van der Waals surface area contributed by atoms with Crippen LogP contribution in [0.5, 0.6) is 11.5 Å². The smallest absolute Gasteiger partial charge is 0.306 e. The highest BCUT2D eigenvalue weighted by molar-refractivity contribution is 5.70. The number of hydrogen-bond donors (Lipinski definition) is 1. The molecule has 142 valence electrons. The summed E-state index contributed by atoms with van der Waals surface area (Å²) in [5, 5.41) is 9.11. The third-order valence-corrected chi connectivity index (χ3v) is 5.84. The largest absolute Gasteiger partial charge is 0.490 e. The summed E-state index contributed by atoms with van der Waals surface area (Å²) in [6.45, 7) is 2.13. The number of hydrogen-bond acceptors (Lipinski definition) is 3. The molecule has 1 atom stereocenters. The monoisotopic (exact) mass is 366 g/mol. The number of carboxylic acid groups (broad SMARTS) is 1. The van der Waals surface area contributed by atoms with Gasteiger partial charge in [0.1, 0.15) is 17.6 Å². The van der Waals surface area contributed by atoms with Crippen molar-refractivity contribution >= 4 is 5.97 Å². The van der Waals surface area contributed by atoms with Gasteiger partial charge in [-0.15, -0.1) is 0 Å². The first-order valence-electron chi connectivity index (χ1n) is 9.84. The topological polar surface area (TPSA) is 55.8 Å². The van der Waals surface area contributed by atoms with Crippen LogP contribution in [0.25, 0.3) is 0 Å². The van der Waals surface area contributed by atoms with Gasteiger partial charge in [-0.3, -0.25) is 4.79 Å². The molecule has 1 aliphatic carbocycles. The van der Waals surface area contributed by atoms with E-state index in [0.29, 0.717) is 12.8 Å². The third kappa shape index (κ3) is 3.95. The molecule has 2 aliphatic rings. The summed E-state index contributed by atoms with van der Waals surface area (Å²) in [4.78, 5) is 11.1. The van der Waals surface area contributed by atoms with Crippen molar-refractivity contribution in [1.82, 2.24) is 0 Å². The van der Waals surface area contributed by atoms with Gasteiger partial charge in [-0.25, -0.2) is 0 Å². The molecule has 4 nitrogen and oxygen atoms in total. The Hall–Kier alpha value is -2.49. The molecule has 1 fully saturated rings. The maximum Gasteiger partial charge on any atom is 0.306 e. The zero-order chi connectivity index (χ0) is 18.8. The Morgan fingerprint density at radius 1 is 1.07 bits per heavy atom. The van der Waals surface area contributed by atoms with Gasteiger partial charge in [0, 0.05) is 0 Å². The first-order valence-corrected chi connectivity index (χ1v) is 9.84. The molecule has 2 aromatic rings. The van der Waals surface area contributed by atoms with E-state index in [1.165, 1.54) is 16.7 Å². The standard InChI is InChI=1S/C23H26O4/c1-15-4-2-3-5-20(15)22-12-8-17-14-19(11-13-21(17)27-22)26-18-9-6-16(7-10-18)23(24)25/h2-5,11,13-14,16,18,22H,6-10,12H2,1H3,(H,24,25). The molecule has 0 aromatic heterocycles. The average Bonchev–Trinajstić information content (AvgIpc) is 2.68. The molecule has 1 heterocycles. The summed E-state index contributed by atoms with van der Waals surface area (Å²) in [6, 6.07) is 14.5. The van der Waals surface area contributed by atoms with E-state index in [1.807, 2.05) is 12.1 Å². The van der Waals surface area contributed by atoms with Gasteiger partial charge < -0.3 is 14.6 Å². The molecule has 0 bridgehead atoms. The number of rotatable bonds is 4. The fourth-order valence-corrected chi connectivity index (χ4v) is 4.23. The van der Waals surface area contributed by atoms with E-state index in [-0.39, 0.29) is 18.1 Å². The van der Waals surface area contributed by atoms with E-state index >= 15 is 0 Å². The number of ether oxygens (including phenoxy) is 2. The van der Waals surface area contributed by atoms with Gasteiger partial charge >= 0.3 is 5.97 Å². The normalized spacial score (nSPS) is 24.6. The fraction of sp³-hybridized carbons (Fsp3) is 0.435. The van der Waals surface area contributed by atoms with Crippen molar-refractivity contribution in [3.8, 4) is 11.5 Å². The van der Waals surface area contributed by atoms with Crippen LogP contribution in [0.3, 0.4) is 0 Å². The summed E-state index contributed by atoms with van der Waals surface area (Å²) in [5.41, 5.74) is 3.72. The number of benzene rings is 2. The Morgan fingerprint density at radius 2 is 1.85 bits per heavy atom. The van der Waals surface area contributed by atoms with Crippen molar-refractivity contribution in [2.45, 2.75) is 57.7 Å². The molecule has 27 heavy (non-hydrogen) atoms. The lowest BCUT2D eigenvalue weighted by Crippen LogP contribution is -2.27. The Morgan fingerprint density at radius 3 is 2.59 bits per heavy atom. The molecule has 1 saturated carbocycles. The minimum Gasteiger partial charge on any atom is -0.490 e. The summed E-state index contributed by atoms with van der Waals surface area (Å²) in [5.74, 6) is 0.921. The van der Waals surface area contributed by atoms with Crippen LogP contribution in [0.2, 0.25) is 0 Å². The number of aryl methyl sites for hydroxylation is 2. The van der Waals surface area contributed by atoms with Crippen molar-refractivity contribution in [2.24, 2.45) is 5.92 Å². The van der Waals surface area contributed by atoms with E-state index in [1.54, 1.807) is 0 Å². The predicted molar refractivity (Wildman–Crippen MR) is 103 cm³/mol. The number of carboxylic acids is 1. The maximum absolute atomic E-state index is 11.1. The zero-order valence-electron chi connectivity index (χ0n) is 15.7. The number of carbonyl (C=O) groups is 1. The SMILES string of the molecule is Cc1ccccc1C1CCc2cc(OC3CCC(C(=O)O)CC3)ccc2O1. The van der Waals surface area contributed by atoms with Crippen LogP contribution in [-0.2, 0) is 11.2 Å². The minimum atomic E-state index is -0.678. The molecule has 0 saturated heterocycles. The van der Waals surface area contributed by atoms with Crippen molar-refractivity contribution in [3.05, 3.63) is 59.2 Å². The summed E-state index contributed by atoms with van der Waals surface area (Å²) in [6.07, 6.45) is 5.17. The van der Waals surface area contributed by atoms with Gasteiger partial charge in [0.25, 0.3) is 0 Å². The molecule has 1 unspecified atom stereocenters. The molecule has 4 rings (SSSR count). The molecule has 0 amide bonds. The number of fused-ring (bicyclic) bond motifs is 1. The second-order valence-corrected chi connectivity index (χ2v) is 7.70. The first-order chi connectivity index (χ1) is 13.1. The Labute approximate surface area is 160 Å². The van der Waals surface area contributed by atoms with E-state index < -0.39 is 5.97 Å². The van der Waals surface area contributed by atoms with Crippen molar-refractivity contribution in [2.75, 3.05) is 0 Å². The fourth-order valence-electron chi connectivity index (χ4n) is 4.23.